The number of hydrogen-bond acceptors (Lipinski definition) is 4. The van der Waals surface area contributed by atoms with Crippen LogP contribution in [0.15, 0.2) is 18.7 Å². The number of rotatable bonds is 1. The number of ether oxygens (including phenoxy) is 1. The molecule has 0 aliphatic carbocycles. The number of aromatic nitrogens is 2. The summed E-state index contributed by atoms with van der Waals surface area (Å²) in [5.41, 5.74) is 0. The number of imidazole rings is 1. The lowest BCUT2D eigenvalue weighted by Gasteiger charge is -1.97. The maximum Gasteiger partial charge on any atom is 0.420 e. The molecule has 0 aliphatic rings. The molecule has 56 valence electrons. The quantitative estimate of drug-likeness (QED) is 0.582. The highest BCUT2D eigenvalue weighted by Crippen LogP contribution is 1.88. The number of carbonyl (C=O) groups excluding carboxylic acids is 1. The Morgan fingerprint density at radius 2 is 2.64 bits per heavy atom. The van der Waals surface area contributed by atoms with E-state index in [1.54, 1.807) is 6.07 Å². The van der Waals surface area contributed by atoms with E-state index in [2.05, 4.69) is 9.72 Å². The van der Waals surface area contributed by atoms with Gasteiger partial charge in [0.25, 0.3) is 0 Å². The van der Waals surface area contributed by atoms with Crippen LogP contribution in [0.3, 0.4) is 0 Å². The molecule has 5 nitrogen and oxygen atoms in total. The van der Waals surface area contributed by atoms with Gasteiger partial charge in [0.05, 0.1) is 0 Å². The zero-order chi connectivity index (χ0) is 8.10. The predicted molar refractivity (Wildman–Crippen MR) is 34.6 cm³/mol. The molecule has 1 rings (SSSR count). The fourth-order valence-corrected chi connectivity index (χ4v) is 0.536. The standard InChI is InChI=1S/C6H5N3O2/c7-1-4-11-6(10)9-3-2-8-5-9/h2-3,5H,4H2. The smallest absolute Gasteiger partial charge is 0.420 e. The van der Waals surface area contributed by atoms with Crippen LogP contribution in [0.1, 0.15) is 0 Å². The van der Waals surface area contributed by atoms with Crippen LogP contribution in [-0.4, -0.2) is 22.3 Å². The van der Waals surface area contributed by atoms with E-state index >= 15 is 0 Å². The van der Waals surface area contributed by atoms with Crippen molar-refractivity contribution in [3.63, 3.8) is 0 Å². The second-order valence-electron chi connectivity index (χ2n) is 1.68. The van der Waals surface area contributed by atoms with Gasteiger partial charge in [-0.25, -0.2) is 14.3 Å². The Morgan fingerprint density at radius 1 is 1.82 bits per heavy atom. The highest BCUT2D eigenvalue weighted by Gasteiger charge is 2.02. The minimum Gasteiger partial charge on any atom is -0.433 e. The molecule has 0 spiro atoms. The first kappa shape index (κ1) is 7.28. The summed E-state index contributed by atoms with van der Waals surface area (Å²) in [6, 6.07) is 1.68. The summed E-state index contributed by atoms with van der Waals surface area (Å²) in [7, 11) is 0. The van der Waals surface area contributed by atoms with Crippen LogP contribution in [0.25, 0.3) is 0 Å². The van der Waals surface area contributed by atoms with Crippen molar-refractivity contribution in [3.8, 4) is 6.07 Å². The second-order valence-corrected chi connectivity index (χ2v) is 1.68. The Labute approximate surface area is 62.8 Å². The van der Waals surface area contributed by atoms with Crippen molar-refractivity contribution < 1.29 is 9.53 Å². The Hall–Kier alpha value is -1.83. The molecule has 0 amide bonds. The molecule has 0 fully saturated rings. The Kier molecular flexibility index (Phi) is 2.23. The van der Waals surface area contributed by atoms with Gasteiger partial charge in [-0.3, -0.25) is 0 Å². The van der Waals surface area contributed by atoms with Gasteiger partial charge in [0.1, 0.15) is 12.4 Å². The molecule has 0 saturated heterocycles. The van der Waals surface area contributed by atoms with E-state index in [1.165, 1.54) is 18.7 Å². The van der Waals surface area contributed by atoms with Crippen molar-refractivity contribution >= 4 is 6.09 Å². The normalized spacial score (nSPS) is 8.64. The van der Waals surface area contributed by atoms with Gasteiger partial charge in [-0.1, -0.05) is 0 Å². The molecule has 0 atom stereocenters. The molecule has 0 saturated carbocycles. The van der Waals surface area contributed by atoms with E-state index in [4.69, 9.17) is 5.26 Å². The molecule has 1 aromatic rings. The van der Waals surface area contributed by atoms with Crippen LogP contribution in [0.4, 0.5) is 4.79 Å². The number of nitrogens with zero attached hydrogens (tertiary/aromatic N) is 3. The van der Waals surface area contributed by atoms with Gasteiger partial charge in [0, 0.05) is 12.4 Å². The number of carbonyl (C=O) groups is 1. The topological polar surface area (TPSA) is 67.9 Å². The summed E-state index contributed by atoms with van der Waals surface area (Å²) in [5.74, 6) is 0. The van der Waals surface area contributed by atoms with Crippen molar-refractivity contribution in [2.75, 3.05) is 6.61 Å². The molecule has 1 aromatic heterocycles. The van der Waals surface area contributed by atoms with E-state index in [1.807, 2.05) is 0 Å². The Balaban J connectivity index is 2.51. The lowest BCUT2D eigenvalue weighted by Crippen LogP contribution is -2.11. The van der Waals surface area contributed by atoms with Gasteiger partial charge >= 0.3 is 6.09 Å². The Morgan fingerprint density at radius 3 is 3.18 bits per heavy atom. The third kappa shape index (κ3) is 1.79. The average Bonchev–Trinajstić information content (AvgIpc) is 2.52. The molecule has 0 bridgehead atoms. The predicted octanol–water partition coefficient (Wildman–Crippen LogP) is 0.391. The highest BCUT2D eigenvalue weighted by atomic mass is 16.5. The maximum atomic E-state index is 10.8. The molecule has 0 unspecified atom stereocenters. The first-order chi connectivity index (χ1) is 5.34. The SMILES string of the molecule is N#CCOC(=O)n1ccnc1. The summed E-state index contributed by atoms with van der Waals surface area (Å²) in [6.07, 6.45) is 3.61. The summed E-state index contributed by atoms with van der Waals surface area (Å²) in [4.78, 5) is 14.4. The molecule has 0 radical (unpaired) electrons. The van der Waals surface area contributed by atoms with Crippen molar-refractivity contribution in [2.45, 2.75) is 0 Å². The minimum absolute atomic E-state index is 0.239. The lowest BCUT2D eigenvalue weighted by molar-refractivity contribution is 0.161. The van der Waals surface area contributed by atoms with Gasteiger partial charge in [-0.2, -0.15) is 5.26 Å². The monoisotopic (exact) mass is 151 g/mol. The minimum atomic E-state index is -0.593. The summed E-state index contributed by atoms with van der Waals surface area (Å²) < 4.78 is 5.61. The van der Waals surface area contributed by atoms with E-state index in [0.29, 0.717) is 0 Å². The van der Waals surface area contributed by atoms with E-state index in [0.717, 1.165) is 4.57 Å². The molecule has 1 heterocycles. The van der Waals surface area contributed by atoms with E-state index in [-0.39, 0.29) is 6.61 Å². The largest absolute Gasteiger partial charge is 0.433 e. The maximum absolute atomic E-state index is 10.8. The van der Waals surface area contributed by atoms with Crippen molar-refractivity contribution in [3.05, 3.63) is 18.7 Å². The molecule has 0 aliphatic heterocycles. The fraction of sp³-hybridized carbons (Fsp3) is 0.167. The van der Waals surface area contributed by atoms with Crippen LogP contribution < -0.4 is 0 Å². The summed E-state index contributed by atoms with van der Waals surface area (Å²) in [6.45, 7) is -0.239. The van der Waals surface area contributed by atoms with Crippen LogP contribution in [0, 0.1) is 11.3 Å². The third-order valence-corrected chi connectivity index (χ3v) is 0.975. The van der Waals surface area contributed by atoms with Crippen molar-refractivity contribution in [1.82, 2.24) is 9.55 Å². The van der Waals surface area contributed by atoms with Crippen LogP contribution in [0.5, 0.6) is 0 Å². The van der Waals surface area contributed by atoms with Gasteiger partial charge in [-0.05, 0) is 0 Å². The fourth-order valence-electron chi connectivity index (χ4n) is 0.536. The third-order valence-electron chi connectivity index (χ3n) is 0.975. The van der Waals surface area contributed by atoms with E-state index < -0.39 is 6.09 Å². The van der Waals surface area contributed by atoms with Gasteiger partial charge in [0.2, 0.25) is 0 Å². The Bertz CT molecular complexity index is 273. The van der Waals surface area contributed by atoms with Gasteiger partial charge < -0.3 is 4.74 Å². The highest BCUT2D eigenvalue weighted by molar-refractivity contribution is 5.70. The second kappa shape index (κ2) is 3.37. The number of nitriles is 1. The molecule has 11 heavy (non-hydrogen) atoms. The van der Waals surface area contributed by atoms with Crippen molar-refractivity contribution in [1.29, 1.82) is 5.26 Å². The first-order valence-electron chi connectivity index (χ1n) is 2.86. The number of hydrogen-bond donors (Lipinski definition) is 0. The van der Waals surface area contributed by atoms with Crippen LogP contribution in [0.2, 0.25) is 0 Å². The molecular formula is C6H5N3O2. The lowest BCUT2D eigenvalue weighted by atomic mass is 10.8. The summed E-state index contributed by atoms with van der Waals surface area (Å²) in [5, 5.41) is 8.06. The zero-order valence-electron chi connectivity index (χ0n) is 5.60. The van der Waals surface area contributed by atoms with Gasteiger partial charge in [-0.15, -0.1) is 0 Å². The summed E-state index contributed by atoms with van der Waals surface area (Å²) >= 11 is 0. The van der Waals surface area contributed by atoms with E-state index in [9.17, 15) is 4.79 Å². The van der Waals surface area contributed by atoms with Crippen molar-refractivity contribution in [2.24, 2.45) is 0 Å². The van der Waals surface area contributed by atoms with Gasteiger partial charge in [0.15, 0.2) is 6.61 Å². The molecule has 5 heteroatoms. The van der Waals surface area contributed by atoms with Crippen LogP contribution >= 0.6 is 0 Å². The average molecular weight is 151 g/mol. The molecule has 0 aromatic carbocycles. The molecule has 0 N–H and O–H groups in total. The van der Waals surface area contributed by atoms with Crippen LogP contribution in [-0.2, 0) is 4.74 Å². The zero-order valence-corrected chi connectivity index (χ0v) is 5.60. The molecular weight excluding hydrogens is 146 g/mol. The first-order valence-corrected chi connectivity index (χ1v) is 2.86.